The van der Waals surface area contributed by atoms with Crippen LogP contribution in [0.15, 0.2) is 21.2 Å². The van der Waals surface area contributed by atoms with Crippen LogP contribution in [0.1, 0.15) is 5.76 Å². The molecule has 1 aliphatic rings. The summed E-state index contributed by atoms with van der Waals surface area (Å²) < 4.78 is 6.49. The van der Waals surface area contributed by atoms with Crippen molar-refractivity contribution in [1.82, 2.24) is 9.80 Å². The van der Waals surface area contributed by atoms with Gasteiger partial charge in [0.05, 0.1) is 17.3 Å². The van der Waals surface area contributed by atoms with Crippen LogP contribution >= 0.6 is 15.9 Å². The van der Waals surface area contributed by atoms with Crippen molar-refractivity contribution in [3.05, 3.63) is 22.6 Å². The summed E-state index contributed by atoms with van der Waals surface area (Å²) in [5.74, 6) is 0.989. The number of piperazine rings is 1. The maximum atomic E-state index is 5.81. The fraction of sp³-hybridized carbons (Fsp3) is 0.636. The van der Waals surface area contributed by atoms with Gasteiger partial charge >= 0.3 is 0 Å². The van der Waals surface area contributed by atoms with Gasteiger partial charge in [0.25, 0.3) is 0 Å². The van der Waals surface area contributed by atoms with Gasteiger partial charge in [0.1, 0.15) is 5.76 Å². The zero-order valence-corrected chi connectivity index (χ0v) is 11.1. The fourth-order valence-corrected chi connectivity index (χ4v) is 2.43. The molecule has 1 unspecified atom stereocenters. The zero-order valence-electron chi connectivity index (χ0n) is 9.53. The van der Waals surface area contributed by atoms with Crippen molar-refractivity contribution in [2.45, 2.75) is 12.6 Å². The summed E-state index contributed by atoms with van der Waals surface area (Å²) in [4.78, 5) is 4.72. The van der Waals surface area contributed by atoms with Crippen molar-refractivity contribution in [1.29, 1.82) is 0 Å². The van der Waals surface area contributed by atoms with E-state index < -0.39 is 0 Å². The number of rotatable bonds is 3. The Labute approximate surface area is 105 Å². The maximum Gasteiger partial charge on any atom is 0.131 e. The number of halogens is 1. The van der Waals surface area contributed by atoms with E-state index in [1.807, 2.05) is 6.07 Å². The van der Waals surface area contributed by atoms with Crippen molar-refractivity contribution in [2.75, 3.05) is 33.2 Å². The lowest BCUT2D eigenvalue weighted by atomic mass is 10.1. The molecule has 0 bridgehead atoms. The van der Waals surface area contributed by atoms with Crippen molar-refractivity contribution < 1.29 is 4.42 Å². The first-order valence-electron chi connectivity index (χ1n) is 5.55. The van der Waals surface area contributed by atoms with Gasteiger partial charge in [0, 0.05) is 32.2 Å². The Morgan fingerprint density at radius 3 is 3.00 bits per heavy atom. The number of hydrogen-bond donors (Lipinski definition) is 1. The quantitative estimate of drug-likeness (QED) is 0.905. The summed E-state index contributed by atoms with van der Waals surface area (Å²) in [5.41, 5.74) is 5.81. The van der Waals surface area contributed by atoms with Gasteiger partial charge in [-0.05, 0) is 29.0 Å². The Morgan fingerprint density at radius 1 is 1.56 bits per heavy atom. The molecule has 0 radical (unpaired) electrons. The van der Waals surface area contributed by atoms with Crippen LogP contribution in [-0.4, -0.2) is 49.1 Å². The van der Waals surface area contributed by atoms with E-state index in [1.165, 1.54) is 0 Å². The van der Waals surface area contributed by atoms with Crippen LogP contribution in [0.4, 0.5) is 0 Å². The molecule has 16 heavy (non-hydrogen) atoms. The minimum absolute atomic E-state index is 0.427. The van der Waals surface area contributed by atoms with Crippen LogP contribution in [0.3, 0.4) is 0 Å². The summed E-state index contributed by atoms with van der Waals surface area (Å²) in [6.45, 7) is 4.71. The van der Waals surface area contributed by atoms with E-state index in [9.17, 15) is 0 Å². The first-order chi connectivity index (χ1) is 7.70. The Hall–Kier alpha value is -0.360. The minimum atomic E-state index is 0.427. The van der Waals surface area contributed by atoms with Gasteiger partial charge in [-0.1, -0.05) is 0 Å². The molecule has 2 rings (SSSR count). The molecule has 4 nitrogen and oxygen atoms in total. The molecular formula is C11H18BrN3O. The molecule has 1 fully saturated rings. The highest BCUT2D eigenvalue weighted by atomic mass is 79.9. The zero-order chi connectivity index (χ0) is 11.5. The fourth-order valence-electron chi connectivity index (χ4n) is 2.10. The lowest BCUT2D eigenvalue weighted by molar-refractivity contribution is 0.0817. The van der Waals surface area contributed by atoms with Gasteiger partial charge in [-0.25, -0.2) is 0 Å². The minimum Gasteiger partial charge on any atom is -0.467 e. The van der Waals surface area contributed by atoms with Gasteiger partial charge in [-0.3, -0.25) is 4.90 Å². The standard InChI is InChI=1S/C11H18BrN3O/c1-14-3-4-15(9(6-13)7-14)8-11-10(12)2-5-16-11/h2,5,9H,3-4,6-8,13H2,1H3. The molecule has 5 heteroatoms. The predicted octanol–water partition coefficient (Wildman–Crippen LogP) is 1.12. The van der Waals surface area contributed by atoms with Gasteiger partial charge in [-0.15, -0.1) is 0 Å². The average molecular weight is 288 g/mol. The summed E-state index contributed by atoms with van der Waals surface area (Å²) in [5, 5.41) is 0. The van der Waals surface area contributed by atoms with Crippen LogP contribution in [0.5, 0.6) is 0 Å². The van der Waals surface area contributed by atoms with Crippen molar-refractivity contribution in [3.8, 4) is 0 Å². The summed E-state index contributed by atoms with van der Waals surface area (Å²) in [6, 6.07) is 2.36. The maximum absolute atomic E-state index is 5.81. The van der Waals surface area contributed by atoms with Gasteiger partial charge < -0.3 is 15.1 Å². The number of furan rings is 1. The molecule has 0 aromatic carbocycles. The first kappa shape index (κ1) is 12.1. The highest BCUT2D eigenvalue weighted by Gasteiger charge is 2.25. The molecule has 90 valence electrons. The van der Waals surface area contributed by atoms with E-state index >= 15 is 0 Å². The van der Waals surface area contributed by atoms with Crippen molar-refractivity contribution in [2.24, 2.45) is 5.73 Å². The molecule has 2 N–H and O–H groups in total. The molecule has 0 saturated carbocycles. The van der Waals surface area contributed by atoms with Crippen LogP contribution in [0.25, 0.3) is 0 Å². The third-order valence-electron chi connectivity index (χ3n) is 3.12. The smallest absolute Gasteiger partial charge is 0.131 e. The monoisotopic (exact) mass is 287 g/mol. The Balaban J connectivity index is 2.01. The van der Waals surface area contributed by atoms with Crippen LogP contribution in [-0.2, 0) is 6.54 Å². The normalized spacial score (nSPS) is 23.8. The van der Waals surface area contributed by atoms with Crippen molar-refractivity contribution in [3.63, 3.8) is 0 Å². The van der Waals surface area contributed by atoms with Gasteiger partial charge in [-0.2, -0.15) is 0 Å². The second-order valence-corrected chi connectivity index (χ2v) is 5.17. The van der Waals surface area contributed by atoms with Crippen molar-refractivity contribution >= 4 is 15.9 Å². The Morgan fingerprint density at radius 2 is 2.38 bits per heavy atom. The third kappa shape index (κ3) is 2.66. The number of nitrogens with zero attached hydrogens (tertiary/aromatic N) is 2. The first-order valence-corrected chi connectivity index (χ1v) is 6.34. The summed E-state index contributed by atoms with van der Waals surface area (Å²) >= 11 is 3.48. The van der Waals surface area contributed by atoms with E-state index in [4.69, 9.17) is 10.2 Å². The highest BCUT2D eigenvalue weighted by molar-refractivity contribution is 9.10. The third-order valence-corrected chi connectivity index (χ3v) is 3.82. The Kier molecular flexibility index (Phi) is 4.02. The molecule has 1 atom stereocenters. The topological polar surface area (TPSA) is 45.6 Å². The molecule has 0 spiro atoms. The average Bonchev–Trinajstić information content (AvgIpc) is 2.67. The van der Waals surface area contributed by atoms with E-state index in [-0.39, 0.29) is 0 Å². The second-order valence-electron chi connectivity index (χ2n) is 4.31. The molecule has 2 heterocycles. The largest absolute Gasteiger partial charge is 0.467 e. The molecule has 1 aromatic heterocycles. The van der Waals surface area contributed by atoms with Crippen LogP contribution < -0.4 is 5.73 Å². The van der Waals surface area contributed by atoms with Gasteiger partial charge in [0.15, 0.2) is 0 Å². The number of nitrogens with two attached hydrogens (primary N) is 1. The second kappa shape index (κ2) is 5.31. The molecule has 0 amide bonds. The van der Waals surface area contributed by atoms with Crippen LogP contribution in [0.2, 0.25) is 0 Å². The highest BCUT2D eigenvalue weighted by Crippen LogP contribution is 2.21. The molecule has 1 aromatic rings. The molecule has 1 saturated heterocycles. The molecule has 0 aliphatic carbocycles. The lowest BCUT2D eigenvalue weighted by Crippen LogP contribution is -2.54. The summed E-state index contributed by atoms with van der Waals surface area (Å²) in [6.07, 6.45) is 1.72. The molecular weight excluding hydrogens is 270 g/mol. The van der Waals surface area contributed by atoms with E-state index in [2.05, 4.69) is 32.8 Å². The van der Waals surface area contributed by atoms with Crippen LogP contribution in [0, 0.1) is 0 Å². The Bertz CT molecular complexity index is 342. The number of hydrogen-bond acceptors (Lipinski definition) is 4. The summed E-state index contributed by atoms with van der Waals surface area (Å²) in [7, 11) is 2.14. The molecule has 1 aliphatic heterocycles. The number of likely N-dealkylation sites (N-methyl/N-ethyl adjacent to an activating group) is 1. The van der Waals surface area contributed by atoms with Gasteiger partial charge in [0.2, 0.25) is 0 Å². The SMILES string of the molecule is CN1CCN(Cc2occc2Br)C(CN)C1. The lowest BCUT2D eigenvalue weighted by Gasteiger charge is -2.39. The van der Waals surface area contributed by atoms with E-state index in [1.54, 1.807) is 6.26 Å². The van der Waals surface area contributed by atoms with E-state index in [0.717, 1.165) is 36.4 Å². The predicted molar refractivity (Wildman–Crippen MR) is 67.2 cm³/mol. The van der Waals surface area contributed by atoms with E-state index in [0.29, 0.717) is 12.6 Å².